The molecular formula is C12H19N3OS. The van der Waals surface area contributed by atoms with Crippen molar-refractivity contribution in [2.75, 3.05) is 18.1 Å². The molecule has 0 aromatic carbocycles. The third kappa shape index (κ3) is 3.10. The van der Waals surface area contributed by atoms with Gasteiger partial charge in [0.15, 0.2) is 0 Å². The molecule has 1 aliphatic rings. The van der Waals surface area contributed by atoms with Gasteiger partial charge in [0.2, 0.25) is 0 Å². The molecule has 2 heterocycles. The van der Waals surface area contributed by atoms with E-state index >= 15 is 0 Å². The van der Waals surface area contributed by atoms with Crippen molar-refractivity contribution in [2.45, 2.75) is 43.7 Å². The summed E-state index contributed by atoms with van der Waals surface area (Å²) in [7, 11) is 0. The largest absolute Gasteiger partial charge is 0.383 e. The smallest absolute Gasteiger partial charge is 0.131 e. The molecule has 0 saturated carbocycles. The molecule has 1 aliphatic heterocycles. The minimum absolute atomic E-state index is 0.350. The van der Waals surface area contributed by atoms with E-state index in [1.165, 1.54) is 6.42 Å². The van der Waals surface area contributed by atoms with Crippen LogP contribution in [0.25, 0.3) is 0 Å². The Balaban J connectivity index is 2.06. The first-order valence-corrected chi connectivity index (χ1v) is 7.01. The SMILES string of the molecule is CC(C)c1c(N)ncnc1SCC1CCCO1. The number of ether oxygens (including phenoxy) is 1. The highest BCUT2D eigenvalue weighted by atomic mass is 32.2. The maximum atomic E-state index is 5.91. The predicted molar refractivity (Wildman–Crippen MR) is 70.2 cm³/mol. The van der Waals surface area contributed by atoms with Crippen LogP contribution < -0.4 is 5.73 Å². The molecular weight excluding hydrogens is 234 g/mol. The van der Waals surface area contributed by atoms with Crippen LogP contribution in [-0.2, 0) is 4.74 Å². The van der Waals surface area contributed by atoms with Gasteiger partial charge in [0.1, 0.15) is 17.2 Å². The van der Waals surface area contributed by atoms with Crippen LogP contribution in [0.15, 0.2) is 11.4 Å². The van der Waals surface area contributed by atoms with E-state index in [0.29, 0.717) is 17.8 Å². The van der Waals surface area contributed by atoms with Crippen molar-refractivity contribution in [3.63, 3.8) is 0 Å². The number of nitrogen functional groups attached to an aromatic ring is 1. The topological polar surface area (TPSA) is 61.0 Å². The zero-order chi connectivity index (χ0) is 12.3. The second kappa shape index (κ2) is 5.69. The zero-order valence-corrected chi connectivity index (χ0v) is 11.2. The molecule has 2 N–H and O–H groups in total. The molecule has 1 fully saturated rings. The van der Waals surface area contributed by atoms with Crippen LogP contribution >= 0.6 is 11.8 Å². The summed E-state index contributed by atoms with van der Waals surface area (Å²) in [6.45, 7) is 5.13. The number of aromatic nitrogens is 2. The summed E-state index contributed by atoms with van der Waals surface area (Å²) in [4.78, 5) is 8.40. The molecule has 0 spiro atoms. The molecule has 5 heteroatoms. The van der Waals surface area contributed by atoms with Crippen LogP contribution in [0.5, 0.6) is 0 Å². The van der Waals surface area contributed by atoms with Crippen molar-refractivity contribution in [1.82, 2.24) is 9.97 Å². The Kier molecular flexibility index (Phi) is 4.23. The summed E-state index contributed by atoms with van der Waals surface area (Å²) in [6, 6.07) is 0. The minimum atomic E-state index is 0.350. The predicted octanol–water partition coefficient (Wildman–Crippen LogP) is 2.45. The van der Waals surface area contributed by atoms with E-state index in [2.05, 4.69) is 23.8 Å². The number of nitrogens with zero attached hydrogens (tertiary/aromatic N) is 2. The number of rotatable bonds is 4. The van der Waals surface area contributed by atoms with E-state index in [4.69, 9.17) is 10.5 Å². The second-order valence-electron chi connectivity index (χ2n) is 4.58. The number of nitrogens with two attached hydrogens (primary N) is 1. The van der Waals surface area contributed by atoms with Crippen molar-refractivity contribution in [3.8, 4) is 0 Å². The molecule has 1 atom stereocenters. The highest BCUT2D eigenvalue weighted by Crippen LogP contribution is 2.31. The lowest BCUT2D eigenvalue weighted by Crippen LogP contribution is -2.10. The Morgan fingerprint density at radius 2 is 2.35 bits per heavy atom. The van der Waals surface area contributed by atoms with Gasteiger partial charge in [-0.15, -0.1) is 11.8 Å². The first-order valence-electron chi connectivity index (χ1n) is 6.03. The molecule has 1 unspecified atom stereocenters. The third-order valence-electron chi connectivity index (χ3n) is 2.89. The summed E-state index contributed by atoms with van der Waals surface area (Å²) in [6.07, 6.45) is 4.24. The molecule has 0 bridgehead atoms. The van der Waals surface area contributed by atoms with Crippen molar-refractivity contribution >= 4 is 17.6 Å². The Morgan fingerprint density at radius 3 is 3.00 bits per heavy atom. The van der Waals surface area contributed by atoms with Crippen molar-refractivity contribution < 1.29 is 4.74 Å². The molecule has 94 valence electrons. The van der Waals surface area contributed by atoms with Crippen LogP contribution in [-0.4, -0.2) is 28.4 Å². The van der Waals surface area contributed by atoms with Gasteiger partial charge in [0.25, 0.3) is 0 Å². The average molecular weight is 253 g/mol. The third-order valence-corrected chi connectivity index (χ3v) is 4.02. The second-order valence-corrected chi connectivity index (χ2v) is 5.59. The average Bonchev–Trinajstić information content (AvgIpc) is 2.78. The molecule has 1 aromatic rings. The van der Waals surface area contributed by atoms with Gasteiger partial charge in [-0.3, -0.25) is 0 Å². The zero-order valence-electron chi connectivity index (χ0n) is 10.3. The first kappa shape index (κ1) is 12.6. The Bertz CT molecular complexity index is 378. The Labute approximate surface area is 106 Å². The highest BCUT2D eigenvalue weighted by Gasteiger charge is 2.18. The normalized spacial score (nSPS) is 20.1. The number of thioether (sulfide) groups is 1. The first-order chi connectivity index (χ1) is 8.18. The fourth-order valence-electron chi connectivity index (χ4n) is 2.00. The monoisotopic (exact) mass is 253 g/mol. The molecule has 4 nitrogen and oxygen atoms in total. The van der Waals surface area contributed by atoms with Crippen LogP contribution in [0.1, 0.15) is 38.2 Å². The van der Waals surface area contributed by atoms with Gasteiger partial charge in [-0.05, 0) is 18.8 Å². The fraction of sp³-hybridized carbons (Fsp3) is 0.667. The van der Waals surface area contributed by atoms with E-state index < -0.39 is 0 Å². The lowest BCUT2D eigenvalue weighted by atomic mass is 10.1. The van der Waals surface area contributed by atoms with Crippen LogP contribution in [0.2, 0.25) is 0 Å². The van der Waals surface area contributed by atoms with Gasteiger partial charge in [-0.2, -0.15) is 0 Å². The number of anilines is 1. The van der Waals surface area contributed by atoms with E-state index in [0.717, 1.165) is 29.4 Å². The summed E-state index contributed by atoms with van der Waals surface area (Å²) in [5.74, 6) is 1.91. The van der Waals surface area contributed by atoms with Crippen LogP contribution in [0.3, 0.4) is 0 Å². The van der Waals surface area contributed by atoms with E-state index in [-0.39, 0.29) is 0 Å². The van der Waals surface area contributed by atoms with E-state index in [9.17, 15) is 0 Å². The molecule has 0 radical (unpaired) electrons. The minimum Gasteiger partial charge on any atom is -0.383 e. The van der Waals surface area contributed by atoms with Gasteiger partial charge in [-0.25, -0.2) is 9.97 Å². The lowest BCUT2D eigenvalue weighted by Gasteiger charge is -2.14. The molecule has 2 rings (SSSR count). The van der Waals surface area contributed by atoms with Crippen molar-refractivity contribution in [1.29, 1.82) is 0 Å². The van der Waals surface area contributed by atoms with Crippen molar-refractivity contribution in [2.24, 2.45) is 0 Å². The number of hydrogen-bond acceptors (Lipinski definition) is 5. The van der Waals surface area contributed by atoms with Gasteiger partial charge in [0, 0.05) is 17.9 Å². The maximum Gasteiger partial charge on any atom is 0.131 e. The summed E-state index contributed by atoms with van der Waals surface area (Å²) < 4.78 is 5.61. The van der Waals surface area contributed by atoms with Crippen molar-refractivity contribution in [3.05, 3.63) is 11.9 Å². The Hall–Kier alpha value is -0.810. The van der Waals surface area contributed by atoms with E-state index in [1.54, 1.807) is 18.1 Å². The lowest BCUT2D eigenvalue weighted by molar-refractivity contribution is 0.129. The van der Waals surface area contributed by atoms with Crippen LogP contribution in [0.4, 0.5) is 5.82 Å². The van der Waals surface area contributed by atoms with Gasteiger partial charge < -0.3 is 10.5 Å². The van der Waals surface area contributed by atoms with Gasteiger partial charge in [-0.1, -0.05) is 13.8 Å². The van der Waals surface area contributed by atoms with Crippen LogP contribution in [0, 0.1) is 0 Å². The molecule has 1 aromatic heterocycles. The standard InChI is InChI=1S/C12H19N3OS/c1-8(2)10-11(13)14-7-15-12(10)17-6-9-4-3-5-16-9/h7-9H,3-6H2,1-2H3,(H2,13,14,15). The highest BCUT2D eigenvalue weighted by molar-refractivity contribution is 7.99. The fourth-order valence-corrected chi connectivity index (χ4v) is 3.22. The molecule has 0 amide bonds. The number of hydrogen-bond donors (Lipinski definition) is 1. The summed E-state index contributed by atoms with van der Waals surface area (Å²) in [5, 5.41) is 1.00. The quantitative estimate of drug-likeness (QED) is 0.659. The summed E-state index contributed by atoms with van der Waals surface area (Å²) >= 11 is 1.73. The molecule has 0 aliphatic carbocycles. The summed E-state index contributed by atoms with van der Waals surface area (Å²) in [5.41, 5.74) is 6.98. The van der Waals surface area contributed by atoms with E-state index in [1.807, 2.05) is 0 Å². The molecule has 17 heavy (non-hydrogen) atoms. The van der Waals surface area contributed by atoms with Gasteiger partial charge in [0.05, 0.1) is 6.10 Å². The maximum absolute atomic E-state index is 5.91. The molecule has 1 saturated heterocycles. The Morgan fingerprint density at radius 1 is 1.53 bits per heavy atom. The van der Waals surface area contributed by atoms with Gasteiger partial charge >= 0.3 is 0 Å².